The number of aromatic amines is 1. The Morgan fingerprint density at radius 2 is 2.20 bits per heavy atom. The average molecular weight is 200 g/mol. The van der Waals surface area contributed by atoms with Crippen LogP contribution in [0.3, 0.4) is 0 Å². The first kappa shape index (κ1) is 8.53. The largest absolute Gasteiger partial charge is 0.411 e. The zero-order valence-corrected chi connectivity index (χ0v) is 8.54. The maximum Gasteiger partial charge on any atom is 0.104 e. The Morgan fingerprint density at radius 1 is 1.33 bits per heavy atom. The van der Waals surface area contributed by atoms with Crippen LogP contribution in [0.2, 0.25) is 0 Å². The second-order valence-electron chi connectivity index (χ2n) is 4.07. The molecule has 1 aromatic heterocycles. The van der Waals surface area contributed by atoms with E-state index in [-0.39, 0.29) is 0 Å². The van der Waals surface area contributed by atoms with E-state index in [0.29, 0.717) is 0 Å². The van der Waals surface area contributed by atoms with Gasteiger partial charge in [0, 0.05) is 10.9 Å². The number of H-pyrrole nitrogens is 1. The number of hydrogen-bond donors (Lipinski definition) is 2. The number of aryl methyl sites for hydroxylation is 2. The van der Waals surface area contributed by atoms with Gasteiger partial charge in [0.05, 0.1) is 5.69 Å². The van der Waals surface area contributed by atoms with Gasteiger partial charge < -0.3 is 10.2 Å². The van der Waals surface area contributed by atoms with Crippen molar-refractivity contribution in [2.24, 2.45) is 5.16 Å². The fraction of sp³-hybridized carbons (Fsp3) is 0.250. The van der Waals surface area contributed by atoms with Crippen molar-refractivity contribution in [2.75, 3.05) is 0 Å². The molecule has 0 bridgehead atoms. The summed E-state index contributed by atoms with van der Waals surface area (Å²) in [7, 11) is 0. The number of aromatic nitrogens is 1. The molecule has 0 atom stereocenters. The summed E-state index contributed by atoms with van der Waals surface area (Å²) in [5.41, 5.74) is 5.48. The summed E-state index contributed by atoms with van der Waals surface area (Å²) in [5.74, 6) is 0. The highest BCUT2D eigenvalue weighted by atomic mass is 16.4. The first-order valence-corrected chi connectivity index (χ1v) is 5.12. The van der Waals surface area contributed by atoms with Crippen LogP contribution in [0.1, 0.15) is 23.2 Å². The Kier molecular flexibility index (Phi) is 1.63. The molecular weight excluding hydrogens is 188 g/mol. The second-order valence-corrected chi connectivity index (χ2v) is 4.07. The van der Waals surface area contributed by atoms with Gasteiger partial charge in [-0.05, 0) is 37.5 Å². The lowest BCUT2D eigenvalue weighted by molar-refractivity contribution is 0.318. The van der Waals surface area contributed by atoms with Crippen LogP contribution in [0, 0.1) is 6.92 Å². The van der Waals surface area contributed by atoms with Crippen LogP contribution in [0.15, 0.2) is 23.4 Å². The third-order valence-corrected chi connectivity index (χ3v) is 3.08. The maximum atomic E-state index is 8.86. The first-order chi connectivity index (χ1) is 7.29. The summed E-state index contributed by atoms with van der Waals surface area (Å²) < 4.78 is 0. The molecule has 2 N–H and O–H groups in total. The van der Waals surface area contributed by atoms with E-state index in [1.807, 2.05) is 0 Å². The molecule has 1 aliphatic rings. The summed E-state index contributed by atoms with van der Waals surface area (Å²) in [4.78, 5) is 3.31. The van der Waals surface area contributed by atoms with Crippen LogP contribution < -0.4 is 0 Å². The number of nitrogens with one attached hydrogen (secondary N) is 1. The van der Waals surface area contributed by atoms with Gasteiger partial charge in [-0.3, -0.25) is 0 Å². The molecule has 3 nitrogen and oxygen atoms in total. The number of hydrogen-bond acceptors (Lipinski definition) is 2. The molecular formula is C12H12N2O. The molecule has 0 saturated carbocycles. The van der Waals surface area contributed by atoms with Crippen molar-refractivity contribution in [1.82, 2.24) is 4.98 Å². The van der Waals surface area contributed by atoms with Gasteiger partial charge in [-0.1, -0.05) is 16.8 Å². The van der Waals surface area contributed by atoms with E-state index in [9.17, 15) is 0 Å². The molecule has 76 valence electrons. The summed E-state index contributed by atoms with van der Waals surface area (Å²) in [6.07, 6.45) is 1.81. The smallest absolute Gasteiger partial charge is 0.104 e. The first-order valence-electron chi connectivity index (χ1n) is 5.12. The molecule has 1 aromatic carbocycles. The van der Waals surface area contributed by atoms with Crippen LogP contribution in [-0.2, 0) is 6.42 Å². The maximum absolute atomic E-state index is 8.86. The monoisotopic (exact) mass is 200 g/mol. The van der Waals surface area contributed by atoms with Crippen molar-refractivity contribution in [3.05, 3.63) is 35.0 Å². The molecule has 0 unspecified atom stereocenters. The highest BCUT2D eigenvalue weighted by Crippen LogP contribution is 2.30. The van der Waals surface area contributed by atoms with E-state index in [2.05, 4.69) is 35.3 Å². The van der Waals surface area contributed by atoms with Crippen LogP contribution in [0.4, 0.5) is 0 Å². The molecule has 1 aliphatic carbocycles. The van der Waals surface area contributed by atoms with Crippen molar-refractivity contribution in [3.63, 3.8) is 0 Å². The Labute approximate surface area is 87.4 Å². The molecule has 0 radical (unpaired) electrons. The highest BCUT2D eigenvalue weighted by molar-refractivity contribution is 6.08. The van der Waals surface area contributed by atoms with Gasteiger partial charge >= 0.3 is 0 Å². The molecule has 15 heavy (non-hydrogen) atoms. The SMILES string of the molecule is Cc1ccc2[nH]c3c(c2c1)CC/C3=N\O. The summed E-state index contributed by atoms with van der Waals surface area (Å²) >= 11 is 0. The summed E-state index contributed by atoms with van der Waals surface area (Å²) in [6.45, 7) is 2.09. The van der Waals surface area contributed by atoms with Crippen LogP contribution in [-0.4, -0.2) is 15.9 Å². The van der Waals surface area contributed by atoms with E-state index < -0.39 is 0 Å². The fourth-order valence-electron chi connectivity index (χ4n) is 2.34. The van der Waals surface area contributed by atoms with Gasteiger partial charge in [-0.15, -0.1) is 0 Å². The van der Waals surface area contributed by atoms with Crippen molar-refractivity contribution in [2.45, 2.75) is 19.8 Å². The Morgan fingerprint density at radius 3 is 3.00 bits per heavy atom. The lowest BCUT2D eigenvalue weighted by Gasteiger charge is -1.95. The number of oxime groups is 1. The minimum absolute atomic E-state index is 0.777. The predicted molar refractivity (Wildman–Crippen MR) is 59.7 cm³/mol. The summed E-state index contributed by atoms with van der Waals surface area (Å²) in [6, 6.07) is 6.35. The molecule has 2 aromatic rings. The molecule has 0 fully saturated rings. The average Bonchev–Trinajstić information content (AvgIpc) is 2.76. The van der Waals surface area contributed by atoms with E-state index in [0.717, 1.165) is 29.8 Å². The van der Waals surface area contributed by atoms with Crippen LogP contribution in [0.25, 0.3) is 10.9 Å². The second kappa shape index (κ2) is 2.86. The zero-order valence-electron chi connectivity index (χ0n) is 8.54. The fourth-order valence-corrected chi connectivity index (χ4v) is 2.34. The van der Waals surface area contributed by atoms with Crippen molar-refractivity contribution in [3.8, 4) is 0 Å². The van der Waals surface area contributed by atoms with Crippen molar-refractivity contribution in [1.29, 1.82) is 0 Å². The third kappa shape index (κ3) is 1.09. The minimum atomic E-state index is 0.777. The quantitative estimate of drug-likeness (QED) is 0.498. The molecule has 3 rings (SSSR count). The van der Waals surface area contributed by atoms with Crippen LogP contribution >= 0.6 is 0 Å². The Bertz CT molecular complexity index is 566. The minimum Gasteiger partial charge on any atom is -0.411 e. The zero-order chi connectivity index (χ0) is 10.4. The van der Waals surface area contributed by atoms with Crippen molar-refractivity contribution >= 4 is 16.6 Å². The topological polar surface area (TPSA) is 48.4 Å². The normalized spacial score (nSPS) is 17.5. The standard InChI is InChI=1S/C12H12N2O/c1-7-2-4-10-9(6-7)8-3-5-11(14-15)12(8)13-10/h2,4,6,13,15H,3,5H2,1H3/b14-11+. The molecule has 0 amide bonds. The van der Waals surface area contributed by atoms with Gasteiger partial charge in [-0.2, -0.15) is 0 Å². The summed E-state index contributed by atoms with van der Waals surface area (Å²) in [5, 5.41) is 13.5. The van der Waals surface area contributed by atoms with Gasteiger partial charge in [0.15, 0.2) is 0 Å². The van der Waals surface area contributed by atoms with Gasteiger partial charge in [0.25, 0.3) is 0 Å². The Hall–Kier alpha value is -1.77. The van der Waals surface area contributed by atoms with Gasteiger partial charge in [-0.25, -0.2) is 0 Å². The third-order valence-electron chi connectivity index (χ3n) is 3.08. The number of nitrogens with zero attached hydrogens (tertiary/aromatic N) is 1. The van der Waals surface area contributed by atoms with Gasteiger partial charge in [0.2, 0.25) is 0 Å². The van der Waals surface area contributed by atoms with Crippen LogP contribution in [0.5, 0.6) is 0 Å². The van der Waals surface area contributed by atoms with E-state index in [1.165, 1.54) is 16.5 Å². The molecule has 0 spiro atoms. The van der Waals surface area contributed by atoms with E-state index in [4.69, 9.17) is 5.21 Å². The van der Waals surface area contributed by atoms with Gasteiger partial charge in [0.1, 0.15) is 5.71 Å². The lowest BCUT2D eigenvalue weighted by Crippen LogP contribution is -1.94. The molecule has 0 aliphatic heterocycles. The predicted octanol–water partition coefficient (Wildman–Crippen LogP) is 2.60. The van der Waals surface area contributed by atoms with E-state index in [1.54, 1.807) is 0 Å². The number of rotatable bonds is 0. The Balaban J connectivity index is 2.35. The number of fused-ring (bicyclic) bond motifs is 3. The molecule has 3 heteroatoms. The molecule has 1 heterocycles. The molecule has 0 saturated heterocycles. The lowest BCUT2D eigenvalue weighted by atomic mass is 10.1. The highest BCUT2D eigenvalue weighted by Gasteiger charge is 2.22. The van der Waals surface area contributed by atoms with Crippen molar-refractivity contribution < 1.29 is 5.21 Å². The van der Waals surface area contributed by atoms with E-state index >= 15 is 0 Å². The number of benzene rings is 1.